The molecule has 1 atom stereocenters. The summed E-state index contributed by atoms with van der Waals surface area (Å²) in [5.41, 5.74) is 1.66. The first-order valence-corrected chi connectivity index (χ1v) is 4.91. The normalized spacial score (nSPS) is 22.1. The van der Waals surface area contributed by atoms with Crippen LogP contribution < -0.4 is 5.32 Å². The summed E-state index contributed by atoms with van der Waals surface area (Å²) >= 11 is 0. The molecule has 0 radical (unpaired) electrons. The molecule has 0 bridgehead atoms. The Balaban J connectivity index is 2.36. The highest BCUT2D eigenvalue weighted by Gasteiger charge is 2.40. The third-order valence-electron chi connectivity index (χ3n) is 3.13. The Morgan fingerprint density at radius 3 is 2.17 bits per heavy atom. The molecule has 0 heterocycles. The molecule has 1 nitrogen and oxygen atoms in total. The molecule has 12 heavy (non-hydrogen) atoms. The Morgan fingerprint density at radius 1 is 1.33 bits per heavy atom. The zero-order valence-electron chi connectivity index (χ0n) is 8.78. The van der Waals surface area contributed by atoms with Gasteiger partial charge in [0, 0.05) is 17.2 Å². The third kappa shape index (κ3) is 2.02. The zero-order valence-corrected chi connectivity index (χ0v) is 8.78. The molecule has 0 unspecified atom stereocenters. The molecule has 0 aromatic heterocycles. The van der Waals surface area contributed by atoms with E-state index in [1.165, 1.54) is 18.5 Å². The summed E-state index contributed by atoms with van der Waals surface area (Å²) in [6, 6.07) is 0.551. The van der Waals surface area contributed by atoms with Crippen LogP contribution in [-0.2, 0) is 0 Å². The Morgan fingerprint density at radius 2 is 1.83 bits per heavy atom. The molecule has 1 rings (SSSR count). The van der Waals surface area contributed by atoms with Crippen molar-refractivity contribution < 1.29 is 0 Å². The molecule has 0 aromatic carbocycles. The summed E-state index contributed by atoms with van der Waals surface area (Å²) in [5.74, 6) is 0.684. The van der Waals surface area contributed by atoms with E-state index in [2.05, 4.69) is 39.6 Å². The van der Waals surface area contributed by atoms with Gasteiger partial charge in [0.05, 0.1) is 0 Å². The van der Waals surface area contributed by atoms with Gasteiger partial charge in [-0.2, -0.15) is 0 Å². The van der Waals surface area contributed by atoms with Crippen molar-refractivity contribution in [3.63, 3.8) is 0 Å². The van der Waals surface area contributed by atoms with Gasteiger partial charge in [0.15, 0.2) is 0 Å². The van der Waals surface area contributed by atoms with Gasteiger partial charge in [-0.25, -0.2) is 0 Å². The van der Waals surface area contributed by atoms with Gasteiger partial charge in [-0.05, 0) is 25.7 Å². The molecule has 1 saturated carbocycles. The van der Waals surface area contributed by atoms with E-state index >= 15 is 0 Å². The molecule has 70 valence electrons. The minimum absolute atomic E-state index is 0.420. The average Bonchev–Trinajstić information content (AvgIpc) is 2.69. The van der Waals surface area contributed by atoms with E-state index in [0.29, 0.717) is 17.4 Å². The number of hydrogen-bond donors (Lipinski definition) is 1. The molecular formula is C11H21N. The van der Waals surface area contributed by atoms with Gasteiger partial charge in [0.1, 0.15) is 0 Å². The zero-order chi connectivity index (χ0) is 9.35. The molecule has 0 saturated heterocycles. The second kappa shape index (κ2) is 3.12. The predicted octanol–water partition coefficient (Wildman–Crippen LogP) is 2.93. The molecule has 1 aliphatic rings. The predicted molar refractivity (Wildman–Crippen MR) is 53.9 cm³/mol. The van der Waals surface area contributed by atoms with Crippen molar-refractivity contribution in [2.75, 3.05) is 0 Å². The summed E-state index contributed by atoms with van der Waals surface area (Å²) in [7, 11) is 0. The lowest BCUT2D eigenvalue weighted by atomic mass is 10.0. The van der Waals surface area contributed by atoms with Crippen molar-refractivity contribution in [3.05, 3.63) is 12.3 Å². The Labute approximate surface area is 76.2 Å². The maximum absolute atomic E-state index is 4.10. The number of nitrogens with one attached hydrogen (secondary N) is 1. The summed E-state index contributed by atoms with van der Waals surface area (Å²) in [5, 5.41) is 3.49. The van der Waals surface area contributed by atoms with Gasteiger partial charge in [0.2, 0.25) is 0 Å². The highest BCUT2D eigenvalue weighted by atomic mass is 14.9. The van der Waals surface area contributed by atoms with Crippen molar-refractivity contribution in [1.29, 1.82) is 0 Å². The SMILES string of the molecule is C=C(N[C@H](C)C(C)C)C1(C)CC1. The van der Waals surface area contributed by atoms with Crippen molar-refractivity contribution in [2.24, 2.45) is 11.3 Å². The fourth-order valence-corrected chi connectivity index (χ4v) is 1.10. The summed E-state index contributed by atoms with van der Waals surface area (Å²) < 4.78 is 0. The Hall–Kier alpha value is -0.460. The highest BCUT2D eigenvalue weighted by Crippen LogP contribution is 2.49. The van der Waals surface area contributed by atoms with E-state index in [9.17, 15) is 0 Å². The topological polar surface area (TPSA) is 12.0 Å². The van der Waals surface area contributed by atoms with Crippen LogP contribution in [0.15, 0.2) is 12.3 Å². The maximum Gasteiger partial charge on any atom is 0.0252 e. The lowest BCUT2D eigenvalue weighted by Crippen LogP contribution is -2.32. The van der Waals surface area contributed by atoms with Crippen LogP contribution in [0.1, 0.15) is 40.5 Å². The van der Waals surface area contributed by atoms with Gasteiger partial charge in [-0.15, -0.1) is 0 Å². The molecule has 0 aromatic rings. The fraction of sp³-hybridized carbons (Fsp3) is 0.818. The van der Waals surface area contributed by atoms with Crippen LogP contribution in [0, 0.1) is 11.3 Å². The molecule has 1 heteroatoms. The first-order chi connectivity index (χ1) is 5.46. The number of rotatable bonds is 4. The van der Waals surface area contributed by atoms with Crippen LogP contribution in [0.3, 0.4) is 0 Å². The number of hydrogen-bond acceptors (Lipinski definition) is 1. The monoisotopic (exact) mass is 167 g/mol. The summed E-state index contributed by atoms with van der Waals surface area (Å²) in [6.07, 6.45) is 2.62. The van der Waals surface area contributed by atoms with Crippen molar-refractivity contribution >= 4 is 0 Å². The van der Waals surface area contributed by atoms with Crippen LogP contribution in [0.4, 0.5) is 0 Å². The van der Waals surface area contributed by atoms with E-state index in [0.717, 1.165) is 0 Å². The molecule has 0 aliphatic heterocycles. The second-order valence-electron chi connectivity index (χ2n) is 4.72. The first kappa shape index (κ1) is 9.63. The minimum atomic E-state index is 0.420. The molecule has 1 N–H and O–H groups in total. The van der Waals surface area contributed by atoms with E-state index in [-0.39, 0.29) is 0 Å². The van der Waals surface area contributed by atoms with Gasteiger partial charge in [-0.3, -0.25) is 0 Å². The quantitative estimate of drug-likeness (QED) is 0.679. The fourth-order valence-electron chi connectivity index (χ4n) is 1.10. The average molecular weight is 167 g/mol. The van der Waals surface area contributed by atoms with Crippen LogP contribution in [0.25, 0.3) is 0 Å². The largest absolute Gasteiger partial charge is 0.386 e. The van der Waals surface area contributed by atoms with Gasteiger partial charge in [-0.1, -0.05) is 27.4 Å². The smallest absolute Gasteiger partial charge is 0.0252 e. The van der Waals surface area contributed by atoms with Gasteiger partial charge >= 0.3 is 0 Å². The Bertz CT molecular complexity index is 177. The molecule has 0 amide bonds. The van der Waals surface area contributed by atoms with Crippen LogP contribution in [0.5, 0.6) is 0 Å². The van der Waals surface area contributed by atoms with Gasteiger partial charge in [0.25, 0.3) is 0 Å². The Kier molecular flexibility index (Phi) is 2.50. The molecule has 1 fully saturated rings. The lowest BCUT2D eigenvalue weighted by Gasteiger charge is -2.23. The minimum Gasteiger partial charge on any atom is -0.386 e. The molecular weight excluding hydrogens is 146 g/mol. The van der Waals surface area contributed by atoms with Crippen molar-refractivity contribution in [1.82, 2.24) is 5.32 Å². The first-order valence-electron chi connectivity index (χ1n) is 4.91. The van der Waals surface area contributed by atoms with E-state index in [1.807, 2.05) is 0 Å². The van der Waals surface area contributed by atoms with Crippen LogP contribution in [-0.4, -0.2) is 6.04 Å². The van der Waals surface area contributed by atoms with Gasteiger partial charge < -0.3 is 5.32 Å². The molecule has 0 spiro atoms. The molecule has 1 aliphatic carbocycles. The summed E-state index contributed by atoms with van der Waals surface area (Å²) in [4.78, 5) is 0. The van der Waals surface area contributed by atoms with Crippen molar-refractivity contribution in [2.45, 2.75) is 46.6 Å². The van der Waals surface area contributed by atoms with E-state index in [4.69, 9.17) is 0 Å². The third-order valence-corrected chi connectivity index (χ3v) is 3.13. The maximum atomic E-state index is 4.10. The standard InChI is InChI=1S/C11H21N/c1-8(2)9(3)12-10(4)11(5)6-7-11/h8-9,12H,4,6-7H2,1-3,5H3/t9-/m1/s1. The van der Waals surface area contributed by atoms with E-state index in [1.54, 1.807) is 0 Å². The van der Waals surface area contributed by atoms with Crippen molar-refractivity contribution in [3.8, 4) is 0 Å². The highest BCUT2D eigenvalue weighted by molar-refractivity contribution is 5.15. The van der Waals surface area contributed by atoms with E-state index < -0.39 is 0 Å². The number of allylic oxidation sites excluding steroid dienone is 1. The van der Waals surface area contributed by atoms with Crippen LogP contribution >= 0.6 is 0 Å². The lowest BCUT2D eigenvalue weighted by molar-refractivity contribution is 0.433. The second-order valence-corrected chi connectivity index (χ2v) is 4.72. The summed E-state index contributed by atoms with van der Waals surface area (Å²) in [6.45, 7) is 13.1. The van der Waals surface area contributed by atoms with Crippen LogP contribution in [0.2, 0.25) is 0 Å².